The molecule has 0 spiro atoms. The highest BCUT2D eigenvalue weighted by Gasteiger charge is 2.04. The van der Waals surface area contributed by atoms with Crippen LogP contribution < -0.4 is 4.74 Å². The quantitative estimate of drug-likeness (QED) is 0.716. The van der Waals surface area contributed by atoms with Crippen molar-refractivity contribution < 1.29 is 19.4 Å². The fourth-order valence-corrected chi connectivity index (χ4v) is 0.915. The van der Waals surface area contributed by atoms with E-state index in [1.165, 1.54) is 13.0 Å². The minimum Gasteiger partial charge on any atom is -0.481 e. The first-order valence-electron chi connectivity index (χ1n) is 3.94. The minimum atomic E-state index is -0.975. The van der Waals surface area contributed by atoms with Crippen LogP contribution in [0.1, 0.15) is 12.6 Å². The van der Waals surface area contributed by atoms with Gasteiger partial charge in [-0.05, 0) is 6.07 Å². The Morgan fingerprint density at radius 3 is 2.79 bits per heavy atom. The van der Waals surface area contributed by atoms with Gasteiger partial charge in [-0.2, -0.15) is 0 Å². The monoisotopic (exact) mass is 195 g/mol. The third kappa shape index (κ3) is 3.22. The number of carbonyl (C=O) groups is 2. The number of carboxylic acids is 1. The Hall–Kier alpha value is -1.91. The number of aliphatic carboxylic acids is 1. The van der Waals surface area contributed by atoms with Gasteiger partial charge in [0.05, 0.1) is 12.1 Å². The molecular weight excluding hydrogens is 186 g/mol. The molecule has 5 heteroatoms. The number of pyridine rings is 1. The van der Waals surface area contributed by atoms with Crippen molar-refractivity contribution in [1.29, 1.82) is 0 Å². The molecule has 1 rings (SSSR count). The third-order valence-corrected chi connectivity index (χ3v) is 1.36. The SMILES string of the molecule is CC(=O)Oc1cccc(CC(=O)O)n1. The fourth-order valence-electron chi connectivity index (χ4n) is 0.915. The average molecular weight is 195 g/mol. The van der Waals surface area contributed by atoms with Crippen molar-refractivity contribution in [3.8, 4) is 5.88 Å². The number of carboxylic acid groups (broad SMARTS) is 1. The minimum absolute atomic E-state index is 0.122. The molecule has 0 aliphatic carbocycles. The van der Waals surface area contributed by atoms with Crippen LogP contribution in [-0.4, -0.2) is 22.0 Å². The van der Waals surface area contributed by atoms with Crippen molar-refractivity contribution in [3.05, 3.63) is 23.9 Å². The van der Waals surface area contributed by atoms with E-state index in [0.29, 0.717) is 5.69 Å². The molecule has 0 saturated heterocycles. The number of ether oxygens (including phenoxy) is 1. The fraction of sp³-hybridized carbons (Fsp3) is 0.222. The summed E-state index contributed by atoms with van der Waals surface area (Å²) in [4.78, 5) is 24.8. The van der Waals surface area contributed by atoms with Crippen molar-refractivity contribution in [2.75, 3.05) is 0 Å². The molecule has 1 aromatic rings. The summed E-state index contributed by atoms with van der Waals surface area (Å²) >= 11 is 0. The van der Waals surface area contributed by atoms with Gasteiger partial charge in [0.1, 0.15) is 0 Å². The van der Waals surface area contributed by atoms with Gasteiger partial charge in [0.25, 0.3) is 0 Å². The van der Waals surface area contributed by atoms with Crippen LogP contribution in [0, 0.1) is 0 Å². The first-order valence-corrected chi connectivity index (χ1v) is 3.94. The number of hydrogen-bond donors (Lipinski definition) is 1. The topological polar surface area (TPSA) is 76.5 Å². The smallest absolute Gasteiger partial charge is 0.309 e. The Bertz CT molecular complexity index is 330. The molecule has 0 saturated carbocycles. The van der Waals surface area contributed by atoms with Crippen LogP contribution in [-0.2, 0) is 16.0 Å². The number of hydrogen-bond acceptors (Lipinski definition) is 4. The van der Waals surface area contributed by atoms with E-state index < -0.39 is 11.9 Å². The van der Waals surface area contributed by atoms with E-state index in [-0.39, 0.29) is 12.3 Å². The van der Waals surface area contributed by atoms with Gasteiger partial charge in [-0.25, -0.2) is 4.98 Å². The first kappa shape index (κ1) is 10.2. The molecule has 0 bridgehead atoms. The van der Waals surface area contributed by atoms with E-state index in [1.54, 1.807) is 12.1 Å². The highest BCUT2D eigenvalue weighted by molar-refractivity contribution is 5.70. The molecule has 1 aromatic heterocycles. The van der Waals surface area contributed by atoms with Crippen LogP contribution in [0.25, 0.3) is 0 Å². The molecule has 0 atom stereocenters. The van der Waals surface area contributed by atoms with E-state index in [9.17, 15) is 9.59 Å². The highest BCUT2D eigenvalue weighted by atomic mass is 16.5. The zero-order chi connectivity index (χ0) is 10.6. The van der Waals surface area contributed by atoms with Crippen molar-refractivity contribution >= 4 is 11.9 Å². The lowest BCUT2D eigenvalue weighted by Gasteiger charge is -2.01. The predicted molar refractivity (Wildman–Crippen MR) is 46.9 cm³/mol. The van der Waals surface area contributed by atoms with Gasteiger partial charge < -0.3 is 9.84 Å². The second-order valence-corrected chi connectivity index (χ2v) is 2.63. The van der Waals surface area contributed by atoms with Crippen LogP contribution in [0.3, 0.4) is 0 Å². The summed E-state index contributed by atoms with van der Waals surface area (Å²) in [6.07, 6.45) is -0.185. The van der Waals surface area contributed by atoms with Gasteiger partial charge in [-0.3, -0.25) is 9.59 Å². The Balaban J connectivity index is 2.78. The lowest BCUT2D eigenvalue weighted by Crippen LogP contribution is -2.06. The van der Waals surface area contributed by atoms with Crippen molar-refractivity contribution in [3.63, 3.8) is 0 Å². The largest absolute Gasteiger partial charge is 0.481 e. The molecule has 0 unspecified atom stereocenters. The molecule has 0 amide bonds. The summed E-state index contributed by atoms with van der Waals surface area (Å²) in [5.41, 5.74) is 0.358. The molecule has 74 valence electrons. The van der Waals surface area contributed by atoms with Crippen LogP contribution in [0.2, 0.25) is 0 Å². The van der Waals surface area contributed by atoms with Gasteiger partial charge in [-0.15, -0.1) is 0 Å². The molecule has 0 aromatic carbocycles. The van der Waals surface area contributed by atoms with E-state index in [4.69, 9.17) is 9.84 Å². The number of esters is 1. The molecule has 0 fully saturated rings. The van der Waals surface area contributed by atoms with Crippen LogP contribution in [0.15, 0.2) is 18.2 Å². The second kappa shape index (κ2) is 4.36. The van der Waals surface area contributed by atoms with E-state index in [1.807, 2.05) is 0 Å². The number of aromatic nitrogens is 1. The van der Waals surface area contributed by atoms with Crippen molar-refractivity contribution in [1.82, 2.24) is 4.98 Å². The Morgan fingerprint density at radius 1 is 1.50 bits per heavy atom. The lowest BCUT2D eigenvalue weighted by atomic mass is 10.3. The predicted octanol–water partition coefficient (Wildman–Crippen LogP) is 0.634. The number of nitrogens with zero attached hydrogens (tertiary/aromatic N) is 1. The Kier molecular flexibility index (Phi) is 3.17. The second-order valence-electron chi connectivity index (χ2n) is 2.63. The Labute approximate surface area is 80.3 Å². The summed E-state index contributed by atoms with van der Waals surface area (Å²) in [5, 5.41) is 8.49. The van der Waals surface area contributed by atoms with Crippen LogP contribution in [0.5, 0.6) is 5.88 Å². The molecule has 1 heterocycles. The third-order valence-electron chi connectivity index (χ3n) is 1.36. The highest BCUT2D eigenvalue weighted by Crippen LogP contribution is 2.08. The van der Waals surface area contributed by atoms with Crippen LogP contribution in [0.4, 0.5) is 0 Å². The standard InChI is InChI=1S/C9H9NO4/c1-6(11)14-8-4-2-3-7(10-8)5-9(12)13/h2-4H,5H2,1H3,(H,12,13). The first-order chi connectivity index (χ1) is 6.58. The van der Waals surface area contributed by atoms with Gasteiger partial charge in [0, 0.05) is 13.0 Å². The van der Waals surface area contributed by atoms with Gasteiger partial charge in [0.2, 0.25) is 5.88 Å². The Morgan fingerprint density at radius 2 is 2.21 bits per heavy atom. The lowest BCUT2D eigenvalue weighted by molar-refractivity contribution is -0.136. The van der Waals surface area contributed by atoms with Crippen molar-refractivity contribution in [2.24, 2.45) is 0 Å². The van der Waals surface area contributed by atoms with E-state index >= 15 is 0 Å². The van der Waals surface area contributed by atoms with Crippen molar-refractivity contribution in [2.45, 2.75) is 13.3 Å². The summed E-state index contributed by atoms with van der Waals surface area (Å²) in [7, 11) is 0. The van der Waals surface area contributed by atoms with Gasteiger partial charge >= 0.3 is 11.9 Å². The van der Waals surface area contributed by atoms with Crippen LogP contribution >= 0.6 is 0 Å². The summed E-state index contributed by atoms with van der Waals surface area (Å²) < 4.78 is 4.69. The molecule has 1 N–H and O–H groups in total. The summed E-state index contributed by atoms with van der Waals surface area (Å²) in [5.74, 6) is -1.33. The summed E-state index contributed by atoms with van der Waals surface area (Å²) in [6.45, 7) is 1.26. The molecule has 0 aliphatic heterocycles. The van der Waals surface area contributed by atoms with E-state index in [2.05, 4.69) is 4.98 Å². The normalized spacial score (nSPS) is 9.50. The molecule has 0 aliphatic rings. The zero-order valence-electron chi connectivity index (χ0n) is 7.56. The molecule has 14 heavy (non-hydrogen) atoms. The number of carbonyl (C=O) groups excluding carboxylic acids is 1. The molecule has 5 nitrogen and oxygen atoms in total. The van der Waals surface area contributed by atoms with Gasteiger partial charge in [-0.1, -0.05) is 6.07 Å². The molecule has 0 radical (unpaired) electrons. The van der Waals surface area contributed by atoms with Gasteiger partial charge in [0.15, 0.2) is 0 Å². The molecular formula is C9H9NO4. The zero-order valence-corrected chi connectivity index (χ0v) is 7.56. The maximum Gasteiger partial charge on any atom is 0.309 e. The van der Waals surface area contributed by atoms with E-state index in [0.717, 1.165) is 0 Å². The average Bonchev–Trinajstić information content (AvgIpc) is 2.01. The number of rotatable bonds is 3. The summed E-state index contributed by atoms with van der Waals surface area (Å²) in [6, 6.07) is 4.64. The maximum absolute atomic E-state index is 10.6. The maximum atomic E-state index is 10.6.